The first kappa shape index (κ1) is 22.0. The van der Waals surface area contributed by atoms with Crippen LogP contribution in [0.1, 0.15) is 52.9 Å². The Kier molecular flexibility index (Phi) is 7.66. The van der Waals surface area contributed by atoms with Crippen molar-refractivity contribution in [2.24, 2.45) is 11.8 Å². The number of rotatable bonds is 7. The predicted molar refractivity (Wildman–Crippen MR) is 102 cm³/mol. The van der Waals surface area contributed by atoms with Crippen LogP contribution in [-0.2, 0) is 16.1 Å². The van der Waals surface area contributed by atoms with E-state index in [4.69, 9.17) is 4.74 Å². The van der Waals surface area contributed by atoms with Crippen molar-refractivity contribution in [3.05, 3.63) is 17.5 Å². The van der Waals surface area contributed by atoms with Crippen molar-refractivity contribution < 1.29 is 14.3 Å². The first-order valence-electron chi connectivity index (χ1n) is 9.17. The Morgan fingerprint density at radius 3 is 2.31 bits per heavy atom. The fourth-order valence-corrected chi connectivity index (χ4v) is 2.57. The molecule has 1 aromatic heterocycles. The molecule has 7 nitrogen and oxygen atoms in total. The largest absolute Gasteiger partial charge is 0.444 e. The highest BCUT2D eigenvalue weighted by Crippen LogP contribution is 2.10. The van der Waals surface area contributed by atoms with Gasteiger partial charge in [0.15, 0.2) is 0 Å². The molecule has 1 rings (SSSR count). The molecule has 0 radical (unpaired) electrons. The summed E-state index contributed by atoms with van der Waals surface area (Å²) in [5, 5.41) is 10.0. The summed E-state index contributed by atoms with van der Waals surface area (Å²) in [6.07, 6.45) is -0.581. The van der Waals surface area contributed by atoms with Gasteiger partial charge in [0, 0.05) is 18.8 Å². The van der Waals surface area contributed by atoms with E-state index in [0.29, 0.717) is 6.54 Å². The van der Waals surface area contributed by atoms with E-state index >= 15 is 0 Å². The highest BCUT2D eigenvalue weighted by atomic mass is 16.6. The van der Waals surface area contributed by atoms with Crippen LogP contribution in [0.25, 0.3) is 0 Å². The van der Waals surface area contributed by atoms with Crippen LogP contribution in [0.3, 0.4) is 0 Å². The second-order valence-electron chi connectivity index (χ2n) is 8.33. The van der Waals surface area contributed by atoms with Crippen molar-refractivity contribution in [1.82, 2.24) is 20.4 Å². The van der Waals surface area contributed by atoms with Crippen molar-refractivity contribution in [2.45, 2.75) is 73.6 Å². The van der Waals surface area contributed by atoms with E-state index in [-0.39, 0.29) is 17.7 Å². The summed E-state index contributed by atoms with van der Waals surface area (Å²) in [7, 11) is 0. The second-order valence-corrected chi connectivity index (χ2v) is 8.33. The molecule has 2 atom stereocenters. The first-order chi connectivity index (χ1) is 11.9. The average Bonchev–Trinajstić information content (AvgIpc) is 2.78. The maximum atomic E-state index is 12.5. The zero-order valence-corrected chi connectivity index (χ0v) is 17.3. The number of ether oxygens (including phenoxy) is 1. The number of aryl methyl sites for hydroxylation is 2. The maximum absolute atomic E-state index is 12.5. The normalized spacial score (nSPS) is 14.0. The maximum Gasteiger partial charge on any atom is 0.408 e. The molecule has 0 aliphatic heterocycles. The molecule has 7 heteroatoms. The Morgan fingerprint density at radius 2 is 1.85 bits per heavy atom. The van der Waals surface area contributed by atoms with Crippen LogP contribution in [0.15, 0.2) is 6.07 Å². The zero-order chi connectivity index (χ0) is 20.1. The summed E-state index contributed by atoms with van der Waals surface area (Å²) in [6, 6.07) is 1.40. The lowest BCUT2D eigenvalue weighted by Gasteiger charge is -2.25. The van der Waals surface area contributed by atoms with Gasteiger partial charge in [-0.2, -0.15) is 5.10 Å². The minimum absolute atomic E-state index is 0.0474. The van der Waals surface area contributed by atoms with Crippen LogP contribution in [0.5, 0.6) is 0 Å². The predicted octanol–water partition coefficient (Wildman–Crippen LogP) is 2.80. The summed E-state index contributed by atoms with van der Waals surface area (Å²) in [5.74, 6) is -0.0359. The summed E-state index contributed by atoms with van der Waals surface area (Å²) in [5.41, 5.74) is 1.49. The molecule has 0 saturated carbocycles. The average molecular weight is 367 g/mol. The van der Waals surface area contributed by atoms with Gasteiger partial charge in [0.1, 0.15) is 11.6 Å². The number of hydrogen-bond donors (Lipinski definition) is 2. The zero-order valence-electron chi connectivity index (χ0n) is 17.3. The molecule has 2 amide bonds. The lowest BCUT2D eigenvalue weighted by Crippen LogP contribution is -2.51. The number of carbonyl (C=O) groups excluding carboxylic acids is 2. The van der Waals surface area contributed by atoms with Gasteiger partial charge in [-0.3, -0.25) is 9.48 Å². The Bertz CT molecular complexity index is 617. The molecule has 1 heterocycles. The van der Waals surface area contributed by atoms with Crippen molar-refractivity contribution in [3.63, 3.8) is 0 Å². The van der Waals surface area contributed by atoms with Crippen LogP contribution in [0.4, 0.5) is 4.79 Å². The standard InChI is InChI=1S/C19H34N4O3/c1-12(2)16(21-18(25)26-19(6,7)8)17(24)20-10-13(3)11-23-15(5)9-14(4)22-23/h9,12-13,16H,10-11H2,1-8H3,(H,20,24)(H,21,25). The van der Waals surface area contributed by atoms with Gasteiger partial charge in [-0.25, -0.2) is 4.79 Å². The number of aromatic nitrogens is 2. The van der Waals surface area contributed by atoms with Gasteiger partial charge in [0.25, 0.3) is 0 Å². The third-order valence-electron chi connectivity index (χ3n) is 3.83. The van der Waals surface area contributed by atoms with E-state index in [9.17, 15) is 9.59 Å². The van der Waals surface area contributed by atoms with Crippen molar-refractivity contribution >= 4 is 12.0 Å². The molecule has 148 valence electrons. The van der Waals surface area contributed by atoms with Crippen LogP contribution in [0, 0.1) is 25.7 Å². The molecule has 1 aromatic rings. The van der Waals surface area contributed by atoms with Crippen molar-refractivity contribution in [1.29, 1.82) is 0 Å². The van der Waals surface area contributed by atoms with Crippen molar-refractivity contribution in [2.75, 3.05) is 6.54 Å². The van der Waals surface area contributed by atoms with Gasteiger partial charge in [0.05, 0.1) is 5.69 Å². The number of hydrogen-bond acceptors (Lipinski definition) is 4. The third kappa shape index (κ3) is 7.45. The monoisotopic (exact) mass is 366 g/mol. The van der Waals surface area contributed by atoms with Crippen LogP contribution < -0.4 is 10.6 Å². The van der Waals surface area contributed by atoms with Gasteiger partial charge in [-0.1, -0.05) is 20.8 Å². The number of amides is 2. The molecule has 0 bridgehead atoms. The summed E-state index contributed by atoms with van der Waals surface area (Å²) in [6.45, 7) is 16.4. The minimum Gasteiger partial charge on any atom is -0.444 e. The molecule has 2 unspecified atom stereocenters. The van der Waals surface area contributed by atoms with E-state index in [0.717, 1.165) is 17.9 Å². The number of nitrogens with one attached hydrogen (secondary N) is 2. The number of carbonyl (C=O) groups is 2. The molecule has 0 spiro atoms. The van der Waals surface area contributed by atoms with Gasteiger partial charge >= 0.3 is 6.09 Å². The Balaban J connectivity index is 2.56. The van der Waals surface area contributed by atoms with Gasteiger partial charge < -0.3 is 15.4 Å². The fraction of sp³-hybridized carbons (Fsp3) is 0.737. The third-order valence-corrected chi connectivity index (χ3v) is 3.83. The Hall–Kier alpha value is -2.05. The Labute approximate surface area is 156 Å². The van der Waals surface area contributed by atoms with Crippen LogP contribution in [0.2, 0.25) is 0 Å². The van der Waals surface area contributed by atoms with Crippen LogP contribution >= 0.6 is 0 Å². The van der Waals surface area contributed by atoms with Gasteiger partial charge in [-0.05, 0) is 52.5 Å². The molecular formula is C19H34N4O3. The van der Waals surface area contributed by atoms with Crippen molar-refractivity contribution in [3.8, 4) is 0 Å². The lowest BCUT2D eigenvalue weighted by atomic mass is 10.0. The second kappa shape index (κ2) is 9.05. The van der Waals surface area contributed by atoms with Gasteiger partial charge in [0.2, 0.25) is 5.91 Å². The highest BCUT2D eigenvalue weighted by molar-refractivity contribution is 5.85. The van der Waals surface area contributed by atoms with Gasteiger partial charge in [-0.15, -0.1) is 0 Å². The molecule has 0 aromatic carbocycles. The first-order valence-corrected chi connectivity index (χ1v) is 9.17. The topological polar surface area (TPSA) is 85.2 Å². The lowest BCUT2D eigenvalue weighted by molar-refractivity contribution is -0.124. The molecule has 0 aliphatic carbocycles. The number of nitrogens with zero attached hydrogens (tertiary/aromatic N) is 2. The highest BCUT2D eigenvalue weighted by Gasteiger charge is 2.27. The fourth-order valence-electron chi connectivity index (χ4n) is 2.57. The van der Waals surface area contributed by atoms with Crippen LogP contribution in [-0.4, -0.2) is 40.0 Å². The summed E-state index contributed by atoms with van der Waals surface area (Å²) < 4.78 is 7.20. The van der Waals surface area contributed by atoms with E-state index in [1.165, 1.54) is 0 Å². The molecule has 0 aliphatic rings. The number of alkyl carbamates (subject to hydrolysis) is 1. The van der Waals surface area contributed by atoms with E-state index in [1.54, 1.807) is 20.8 Å². The van der Waals surface area contributed by atoms with E-state index in [1.807, 2.05) is 38.4 Å². The quantitative estimate of drug-likeness (QED) is 0.777. The smallest absolute Gasteiger partial charge is 0.408 e. The molecule has 0 saturated heterocycles. The molecule has 2 N–H and O–H groups in total. The van der Waals surface area contributed by atoms with E-state index in [2.05, 4.69) is 22.7 Å². The van der Waals surface area contributed by atoms with E-state index < -0.39 is 17.7 Å². The SMILES string of the molecule is Cc1cc(C)n(CC(C)CNC(=O)C(NC(=O)OC(C)(C)C)C(C)C)n1. The molecular weight excluding hydrogens is 332 g/mol. The summed E-state index contributed by atoms with van der Waals surface area (Å²) >= 11 is 0. The summed E-state index contributed by atoms with van der Waals surface area (Å²) in [4.78, 5) is 24.5. The molecule has 0 fully saturated rings. The minimum atomic E-state index is -0.634. The Morgan fingerprint density at radius 1 is 1.23 bits per heavy atom. The molecule has 26 heavy (non-hydrogen) atoms.